The van der Waals surface area contributed by atoms with Crippen molar-refractivity contribution in [2.45, 2.75) is 6.18 Å². The van der Waals surface area contributed by atoms with Gasteiger partial charge in [-0.1, -0.05) is 11.6 Å². The normalized spacial score (nSPS) is 12.3. The second kappa shape index (κ2) is 2.99. The van der Waals surface area contributed by atoms with E-state index in [2.05, 4.69) is 10.1 Å². The second-order valence-electron chi connectivity index (χ2n) is 2.81. The summed E-state index contributed by atoms with van der Waals surface area (Å²) in [5, 5.41) is 3.40. The lowest BCUT2D eigenvalue weighted by Crippen LogP contribution is -2.07. The number of nitrogen functional groups attached to an aromatic ring is 1. The molecule has 15 heavy (non-hydrogen) atoms. The number of alkyl halides is 3. The van der Waals surface area contributed by atoms with Gasteiger partial charge in [0.2, 0.25) is 5.95 Å². The molecule has 0 unspecified atom stereocenters. The SMILES string of the molecule is Nc1nc2c(Cl)cc(C(F)(F)F)cn2n1. The highest BCUT2D eigenvalue weighted by Crippen LogP contribution is 2.31. The molecule has 0 aromatic carbocycles. The maximum Gasteiger partial charge on any atom is 0.417 e. The minimum absolute atomic E-state index is 0.0992. The van der Waals surface area contributed by atoms with Gasteiger partial charge >= 0.3 is 6.18 Å². The van der Waals surface area contributed by atoms with Crippen LogP contribution < -0.4 is 5.73 Å². The Kier molecular flexibility index (Phi) is 2.00. The fraction of sp³-hybridized carbons (Fsp3) is 0.143. The highest BCUT2D eigenvalue weighted by atomic mass is 35.5. The van der Waals surface area contributed by atoms with Crippen molar-refractivity contribution in [3.8, 4) is 0 Å². The van der Waals surface area contributed by atoms with Gasteiger partial charge in [-0.05, 0) is 6.07 Å². The van der Waals surface area contributed by atoms with Crippen LogP contribution in [0.3, 0.4) is 0 Å². The summed E-state index contributed by atoms with van der Waals surface area (Å²) in [6.07, 6.45) is -3.69. The number of rotatable bonds is 0. The molecule has 2 heterocycles. The summed E-state index contributed by atoms with van der Waals surface area (Å²) in [5.41, 5.74) is 4.44. The minimum atomic E-state index is -4.47. The largest absolute Gasteiger partial charge is 0.417 e. The summed E-state index contributed by atoms with van der Waals surface area (Å²) in [6, 6.07) is 0.783. The number of aromatic nitrogens is 3. The number of nitrogens with zero attached hydrogens (tertiary/aromatic N) is 3. The average molecular weight is 237 g/mol. The van der Waals surface area contributed by atoms with Gasteiger partial charge in [-0.3, -0.25) is 0 Å². The molecule has 0 aliphatic carbocycles. The molecule has 2 N–H and O–H groups in total. The molecular formula is C7H4ClF3N4. The van der Waals surface area contributed by atoms with Crippen LogP contribution in [0.4, 0.5) is 19.1 Å². The molecule has 80 valence electrons. The molecule has 0 atom stereocenters. The molecule has 0 saturated carbocycles. The lowest BCUT2D eigenvalue weighted by atomic mass is 10.3. The zero-order chi connectivity index (χ0) is 11.2. The molecule has 0 amide bonds. The third-order valence-electron chi connectivity index (χ3n) is 1.73. The summed E-state index contributed by atoms with van der Waals surface area (Å²) < 4.78 is 38.0. The molecule has 8 heteroatoms. The van der Waals surface area contributed by atoms with E-state index in [4.69, 9.17) is 17.3 Å². The third-order valence-corrected chi connectivity index (χ3v) is 2.01. The molecule has 0 radical (unpaired) electrons. The second-order valence-corrected chi connectivity index (χ2v) is 3.22. The van der Waals surface area contributed by atoms with Crippen LogP contribution in [0.25, 0.3) is 5.65 Å². The zero-order valence-electron chi connectivity index (χ0n) is 7.09. The van der Waals surface area contributed by atoms with Gasteiger partial charge in [0, 0.05) is 6.20 Å². The van der Waals surface area contributed by atoms with Crippen LogP contribution >= 0.6 is 11.6 Å². The van der Waals surface area contributed by atoms with Gasteiger partial charge in [0.05, 0.1) is 10.6 Å². The number of pyridine rings is 1. The predicted molar refractivity (Wildman–Crippen MR) is 47.4 cm³/mol. The fourth-order valence-electron chi connectivity index (χ4n) is 1.12. The first-order valence-corrected chi connectivity index (χ1v) is 4.14. The van der Waals surface area contributed by atoms with Gasteiger partial charge < -0.3 is 5.73 Å². The molecule has 0 bridgehead atoms. The van der Waals surface area contributed by atoms with Gasteiger partial charge in [-0.2, -0.15) is 18.2 Å². The Morgan fingerprint density at radius 1 is 1.40 bits per heavy atom. The molecule has 2 aromatic rings. The molecule has 0 saturated heterocycles. The highest BCUT2D eigenvalue weighted by Gasteiger charge is 2.32. The molecule has 0 spiro atoms. The average Bonchev–Trinajstić information content (AvgIpc) is 2.44. The number of fused-ring (bicyclic) bond motifs is 1. The van der Waals surface area contributed by atoms with E-state index >= 15 is 0 Å². The Morgan fingerprint density at radius 3 is 2.67 bits per heavy atom. The van der Waals surface area contributed by atoms with Crippen molar-refractivity contribution in [2.75, 3.05) is 5.73 Å². The van der Waals surface area contributed by atoms with Gasteiger partial charge in [0.25, 0.3) is 0 Å². The quantitative estimate of drug-likeness (QED) is 0.761. The van der Waals surface area contributed by atoms with E-state index in [1.54, 1.807) is 0 Å². The van der Waals surface area contributed by atoms with Crippen molar-refractivity contribution in [3.63, 3.8) is 0 Å². The molecule has 2 aromatic heterocycles. The first kappa shape index (κ1) is 10.0. The van der Waals surface area contributed by atoms with Crippen molar-refractivity contribution in [2.24, 2.45) is 0 Å². The first-order valence-electron chi connectivity index (χ1n) is 3.76. The van der Waals surface area contributed by atoms with E-state index in [0.717, 1.165) is 16.8 Å². The van der Waals surface area contributed by atoms with Gasteiger partial charge in [0.1, 0.15) is 0 Å². The number of halogens is 4. The minimum Gasteiger partial charge on any atom is -0.366 e. The van der Waals surface area contributed by atoms with E-state index in [9.17, 15) is 13.2 Å². The Balaban J connectivity index is 2.72. The van der Waals surface area contributed by atoms with Gasteiger partial charge in [0.15, 0.2) is 5.65 Å². The van der Waals surface area contributed by atoms with Crippen molar-refractivity contribution in [1.29, 1.82) is 0 Å². The van der Waals surface area contributed by atoms with Crippen LogP contribution in [0, 0.1) is 0 Å². The molecule has 0 aliphatic heterocycles. The number of nitrogens with two attached hydrogens (primary N) is 1. The smallest absolute Gasteiger partial charge is 0.366 e. The summed E-state index contributed by atoms with van der Waals surface area (Å²) in [5.74, 6) is -0.128. The topological polar surface area (TPSA) is 56.2 Å². The van der Waals surface area contributed by atoms with Crippen LogP contribution in [0.15, 0.2) is 12.3 Å². The third kappa shape index (κ3) is 1.70. The first-order chi connectivity index (χ1) is 6.88. The Morgan fingerprint density at radius 2 is 2.07 bits per heavy atom. The van der Waals surface area contributed by atoms with Crippen molar-refractivity contribution >= 4 is 23.2 Å². The lowest BCUT2D eigenvalue weighted by molar-refractivity contribution is -0.137. The van der Waals surface area contributed by atoms with E-state index < -0.39 is 11.7 Å². The van der Waals surface area contributed by atoms with Crippen LogP contribution in [0.2, 0.25) is 5.02 Å². The van der Waals surface area contributed by atoms with Crippen LogP contribution in [0.1, 0.15) is 5.56 Å². The van der Waals surface area contributed by atoms with E-state index in [1.807, 2.05) is 0 Å². The van der Waals surface area contributed by atoms with E-state index in [-0.39, 0.29) is 16.6 Å². The van der Waals surface area contributed by atoms with Crippen molar-refractivity contribution in [1.82, 2.24) is 14.6 Å². The summed E-state index contributed by atoms with van der Waals surface area (Å²) in [4.78, 5) is 3.67. The van der Waals surface area contributed by atoms with Crippen molar-refractivity contribution in [3.05, 3.63) is 22.8 Å². The van der Waals surface area contributed by atoms with Crippen LogP contribution in [0.5, 0.6) is 0 Å². The van der Waals surface area contributed by atoms with Crippen molar-refractivity contribution < 1.29 is 13.2 Å². The zero-order valence-corrected chi connectivity index (χ0v) is 7.84. The monoisotopic (exact) mass is 236 g/mol. The Labute approximate surface area is 86.5 Å². The predicted octanol–water partition coefficient (Wildman–Crippen LogP) is 1.98. The molecule has 0 aliphatic rings. The van der Waals surface area contributed by atoms with E-state index in [0.29, 0.717) is 0 Å². The number of hydrogen-bond donors (Lipinski definition) is 1. The molecule has 2 rings (SSSR count). The maximum absolute atomic E-state index is 12.4. The maximum atomic E-state index is 12.4. The summed E-state index contributed by atoms with van der Waals surface area (Å²) in [7, 11) is 0. The van der Waals surface area contributed by atoms with Crippen LogP contribution in [-0.4, -0.2) is 14.6 Å². The number of anilines is 1. The summed E-state index contributed by atoms with van der Waals surface area (Å²) >= 11 is 5.60. The lowest BCUT2D eigenvalue weighted by Gasteiger charge is -2.06. The van der Waals surface area contributed by atoms with Gasteiger partial charge in [-0.25, -0.2) is 4.52 Å². The van der Waals surface area contributed by atoms with Crippen LogP contribution in [-0.2, 0) is 6.18 Å². The molecular weight excluding hydrogens is 233 g/mol. The van der Waals surface area contributed by atoms with Gasteiger partial charge in [-0.15, -0.1) is 5.10 Å². The standard InChI is InChI=1S/C7H4ClF3N4/c8-4-1-3(7(9,10)11)2-15-5(4)13-6(12)14-15/h1-2H,(H2,12,14). The fourth-order valence-corrected chi connectivity index (χ4v) is 1.36. The Hall–Kier alpha value is -1.50. The molecule has 4 nitrogen and oxygen atoms in total. The van der Waals surface area contributed by atoms with E-state index in [1.165, 1.54) is 0 Å². The number of hydrogen-bond acceptors (Lipinski definition) is 3. The summed E-state index contributed by atoms with van der Waals surface area (Å²) in [6.45, 7) is 0. The molecule has 0 fully saturated rings. The Bertz CT molecular complexity index is 519. The highest BCUT2D eigenvalue weighted by molar-refractivity contribution is 6.33.